The van der Waals surface area contributed by atoms with Crippen molar-refractivity contribution in [3.63, 3.8) is 0 Å². The SMILES string of the molecule is COc1cc(-c2cc(CCl)no2)cc(OC)c1OC. The van der Waals surface area contributed by atoms with Crippen molar-refractivity contribution in [2.45, 2.75) is 5.88 Å². The van der Waals surface area contributed by atoms with E-state index in [-0.39, 0.29) is 0 Å². The summed E-state index contributed by atoms with van der Waals surface area (Å²) in [7, 11) is 4.68. The minimum Gasteiger partial charge on any atom is -0.493 e. The standard InChI is InChI=1S/C13H14ClNO4/c1-16-11-4-8(5-12(17-2)13(11)18-3)10-6-9(7-14)15-19-10/h4-6H,7H2,1-3H3. The molecular weight excluding hydrogens is 270 g/mol. The first-order valence-electron chi connectivity index (χ1n) is 5.55. The van der Waals surface area contributed by atoms with Crippen molar-refractivity contribution in [2.24, 2.45) is 0 Å². The van der Waals surface area contributed by atoms with Crippen LogP contribution in [0.5, 0.6) is 17.2 Å². The molecule has 0 amide bonds. The first kappa shape index (κ1) is 13.5. The van der Waals surface area contributed by atoms with Gasteiger partial charge in [-0.2, -0.15) is 0 Å². The van der Waals surface area contributed by atoms with E-state index in [1.807, 2.05) is 0 Å². The first-order chi connectivity index (χ1) is 9.23. The zero-order valence-electron chi connectivity index (χ0n) is 10.9. The van der Waals surface area contributed by atoms with E-state index < -0.39 is 0 Å². The molecule has 0 bridgehead atoms. The van der Waals surface area contributed by atoms with Crippen LogP contribution in [-0.2, 0) is 5.88 Å². The van der Waals surface area contributed by atoms with Crippen LogP contribution in [0.1, 0.15) is 5.69 Å². The molecule has 0 aliphatic rings. The fraction of sp³-hybridized carbons (Fsp3) is 0.308. The lowest BCUT2D eigenvalue weighted by molar-refractivity contribution is 0.324. The highest BCUT2D eigenvalue weighted by molar-refractivity contribution is 6.16. The summed E-state index contributed by atoms with van der Waals surface area (Å²) in [6.45, 7) is 0. The molecule has 0 spiro atoms. The molecule has 2 rings (SSSR count). The van der Waals surface area contributed by atoms with Gasteiger partial charge in [0.05, 0.1) is 32.9 Å². The molecular formula is C13H14ClNO4. The molecule has 0 aliphatic carbocycles. The Kier molecular flexibility index (Phi) is 4.16. The Balaban J connectivity index is 2.51. The molecule has 0 radical (unpaired) electrons. The molecule has 0 aliphatic heterocycles. The summed E-state index contributed by atoms with van der Waals surface area (Å²) in [5.41, 5.74) is 1.45. The van der Waals surface area contributed by atoms with E-state index in [0.717, 1.165) is 5.56 Å². The summed E-state index contributed by atoms with van der Waals surface area (Å²) in [5, 5.41) is 3.84. The number of methoxy groups -OCH3 is 3. The summed E-state index contributed by atoms with van der Waals surface area (Å²) < 4.78 is 21.0. The van der Waals surface area contributed by atoms with E-state index in [1.165, 1.54) is 0 Å². The maximum atomic E-state index is 5.70. The molecule has 5 nitrogen and oxygen atoms in total. The van der Waals surface area contributed by atoms with Gasteiger partial charge in [0.15, 0.2) is 17.3 Å². The van der Waals surface area contributed by atoms with Gasteiger partial charge < -0.3 is 18.7 Å². The van der Waals surface area contributed by atoms with Crippen molar-refractivity contribution in [1.29, 1.82) is 0 Å². The van der Waals surface area contributed by atoms with Crippen LogP contribution in [0, 0.1) is 0 Å². The van der Waals surface area contributed by atoms with Gasteiger partial charge in [0.2, 0.25) is 5.75 Å². The number of aromatic nitrogens is 1. The summed E-state index contributed by atoms with van der Waals surface area (Å²) in [6.07, 6.45) is 0. The second-order valence-corrected chi connectivity index (χ2v) is 4.00. The van der Waals surface area contributed by atoms with Crippen LogP contribution >= 0.6 is 11.6 Å². The normalized spacial score (nSPS) is 10.3. The van der Waals surface area contributed by atoms with Crippen LogP contribution in [0.3, 0.4) is 0 Å². The van der Waals surface area contributed by atoms with Gasteiger partial charge in [-0.25, -0.2) is 0 Å². The van der Waals surface area contributed by atoms with Gasteiger partial charge in [0.1, 0.15) is 0 Å². The van der Waals surface area contributed by atoms with Crippen LogP contribution < -0.4 is 14.2 Å². The molecule has 2 aromatic rings. The van der Waals surface area contributed by atoms with Crippen molar-refractivity contribution in [2.75, 3.05) is 21.3 Å². The molecule has 1 aromatic heterocycles. The lowest BCUT2D eigenvalue weighted by Gasteiger charge is -2.12. The minimum atomic E-state index is 0.300. The van der Waals surface area contributed by atoms with Crippen LogP contribution in [0.2, 0.25) is 0 Å². The van der Waals surface area contributed by atoms with Crippen molar-refractivity contribution in [3.05, 3.63) is 23.9 Å². The molecule has 0 saturated heterocycles. The van der Waals surface area contributed by atoms with Crippen LogP contribution in [0.4, 0.5) is 0 Å². The fourth-order valence-electron chi connectivity index (χ4n) is 1.73. The van der Waals surface area contributed by atoms with Crippen LogP contribution in [0.15, 0.2) is 22.7 Å². The zero-order valence-corrected chi connectivity index (χ0v) is 11.7. The summed E-state index contributed by atoms with van der Waals surface area (Å²) in [5.74, 6) is 2.54. The lowest BCUT2D eigenvalue weighted by Crippen LogP contribution is -1.95. The van der Waals surface area contributed by atoms with E-state index in [0.29, 0.717) is 34.6 Å². The zero-order chi connectivity index (χ0) is 13.8. The van der Waals surface area contributed by atoms with Gasteiger partial charge >= 0.3 is 0 Å². The Bertz CT molecular complexity index is 543. The second-order valence-electron chi connectivity index (χ2n) is 3.73. The number of benzene rings is 1. The maximum Gasteiger partial charge on any atom is 0.203 e. The average molecular weight is 284 g/mol. The number of halogens is 1. The molecule has 102 valence electrons. The third-order valence-corrected chi connectivity index (χ3v) is 2.92. The smallest absolute Gasteiger partial charge is 0.203 e. The Morgan fingerprint density at radius 3 is 2.11 bits per heavy atom. The molecule has 0 unspecified atom stereocenters. The highest BCUT2D eigenvalue weighted by Gasteiger charge is 2.16. The Hall–Kier alpha value is -1.88. The van der Waals surface area contributed by atoms with Gasteiger partial charge in [0, 0.05) is 11.6 Å². The number of hydrogen-bond acceptors (Lipinski definition) is 5. The van der Waals surface area contributed by atoms with Crippen molar-refractivity contribution >= 4 is 11.6 Å². The number of nitrogens with zero attached hydrogens (tertiary/aromatic N) is 1. The van der Waals surface area contributed by atoms with Crippen LogP contribution in [-0.4, -0.2) is 26.5 Å². The van der Waals surface area contributed by atoms with Crippen molar-refractivity contribution < 1.29 is 18.7 Å². The molecule has 0 N–H and O–H groups in total. The maximum absolute atomic E-state index is 5.70. The Morgan fingerprint density at radius 2 is 1.68 bits per heavy atom. The van der Waals surface area contributed by atoms with Gasteiger partial charge in [-0.3, -0.25) is 0 Å². The predicted molar refractivity (Wildman–Crippen MR) is 71.2 cm³/mol. The summed E-state index contributed by atoms with van der Waals surface area (Å²) in [6, 6.07) is 5.35. The van der Waals surface area contributed by atoms with E-state index in [2.05, 4.69) is 5.16 Å². The van der Waals surface area contributed by atoms with Crippen molar-refractivity contribution in [1.82, 2.24) is 5.16 Å². The third kappa shape index (κ3) is 2.61. The molecule has 0 fully saturated rings. The quantitative estimate of drug-likeness (QED) is 0.789. The lowest BCUT2D eigenvalue weighted by atomic mass is 10.1. The van der Waals surface area contributed by atoms with Gasteiger partial charge in [-0.05, 0) is 12.1 Å². The number of ether oxygens (including phenoxy) is 3. The largest absolute Gasteiger partial charge is 0.493 e. The first-order valence-corrected chi connectivity index (χ1v) is 6.08. The second kappa shape index (κ2) is 5.84. The molecule has 19 heavy (non-hydrogen) atoms. The monoisotopic (exact) mass is 283 g/mol. The molecule has 1 aromatic carbocycles. The molecule has 0 atom stereocenters. The highest BCUT2D eigenvalue weighted by atomic mass is 35.5. The average Bonchev–Trinajstić information content (AvgIpc) is 2.94. The van der Waals surface area contributed by atoms with Gasteiger partial charge in [0.25, 0.3) is 0 Å². The molecule has 1 heterocycles. The Morgan fingerprint density at radius 1 is 1.05 bits per heavy atom. The third-order valence-electron chi connectivity index (χ3n) is 2.65. The molecule has 6 heteroatoms. The minimum absolute atomic E-state index is 0.300. The highest BCUT2D eigenvalue weighted by Crippen LogP contribution is 2.41. The number of alkyl halides is 1. The van der Waals surface area contributed by atoms with E-state index in [4.69, 9.17) is 30.3 Å². The van der Waals surface area contributed by atoms with E-state index >= 15 is 0 Å². The topological polar surface area (TPSA) is 53.7 Å². The summed E-state index contributed by atoms with van der Waals surface area (Å²) >= 11 is 5.70. The predicted octanol–water partition coefficient (Wildman–Crippen LogP) is 3.11. The number of rotatable bonds is 5. The van der Waals surface area contributed by atoms with Crippen molar-refractivity contribution in [3.8, 4) is 28.6 Å². The fourth-order valence-corrected chi connectivity index (χ4v) is 1.86. The van der Waals surface area contributed by atoms with Gasteiger partial charge in [-0.1, -0.05) is 5.16 Å². The van der Waals surface area contributed by atoms with Crippen LogP contribution in [0.25, 0.3) is 11.3 Å². The van der Waals surface area contributed by atoms with E-state index in [9.17, 15) is 0 Å². The Labute approximate surface area is 116 Å². The van der Waals surface area contributed by atoms with Gasteiger partial charge in [-0.15, -0.1) is 11.6 Å². The number of hydrogen-bond donors (Lipinski definition) is 0. The summed E-state index contributed by atoms with van der Waals surface area (Å²) in [4.78, 5) is 0. The van der Waals surface area contributed by atoms with E-state index in [1.54, 1.807) is 39.5 Å². The molecule has 0 saturated carbocycles.